The fourth-order valence-corrected chi connectivity index (χ4v) is 2.22. The Morgan fingerprint density at radius 1 is 1.20 bits per heavy atom. The van der Waals surface area contributed by atoms with Gasteiger partial charge >= 0.3 is 0 Å². The molecule has 0 bridgehead atoms. The second kappa shape index (κ2) is 3.53. The Hall–Kier alpha value is -1.02. The number of hydrogen-bond acceptors (Lipinski definition) is 2. The van der Waals surface area contributed by atoms with Gasteiger partial charge in [-0.1, -0.05) is 13.0 Å². The molecule has 1 aromatic rings. The molecule has 1 aromatic carbocycles. The summed E-state index contributed by atoms with van der Waals surface area (Å²) in [5.74, 6) is 0.972. The number of ether oxygens (including phenoxy) is 2. The molecular formula is C13H18O2. The lowest BCUT2D eigenvalue weighted by Crippen LogP contribution is -2.44. The van der Waals surface area contributed by atoms with E-state index in [1.165, 1.54) is 16.7 Å². The lowest BCUT2D eigenvalue weighted by molar-refractivity contribution is -0.0503. The van der Waals surface area contributed by atoms with Crippen LogP contribution in [0.5, 0.6) is 5.75 Å². The van der Waals surface area contributed by atoms with Crippen LogP contribution in [0.3, 0.4) is 0 Å². The van der Waals surface area contributed by atoms with Crippen LogP contribution >= 0.6 is 0 Å². The minimum atomic E-state index is 0.209. The molecule has 1 fully saturated rings. The molecule has 2 nitrogen and oxygen atoms in total. The van der Waals surface area contributed by atoms with Crippen LogP contribution in [0, 0.1) is 13.8 Å². The second-order valence-corrected chi connectivity index (χ2v) is 4.69. The summed E-state index contributed by atoms with van der Waals surface area (Å²) in [5, 5.41) is 0. The molecule has 0 spiro atoms. The maximum Gasteiger partial charge on any atom is 0.122 e. The van der Waals surface area contributed by atoms with Crippen molar-refractivity contribution < 1.29 is 9.47 Å². The van der Waals surface area contributed by atoms with E-state index in [0.29, 0.717) is 0 Å². The zero-order chi connectivity index (χ0) is 11.1. The lowest BCUT2D eigenvalue weighted by atomic mass is 9.78. The maximum absolute atomic E-state index is 5.31. The van der Waals surface area contributed by atoms with E-state index in [1.54, 1.807) is 7.11 Å². The van der Waals surface area contributed by atoms with Crippen LogP contribution in [-0.2, 0) is 10.2 Å². The van der Waals surface area contributed by atoms with Gasteiger partial charge in [0.15, 0.2) is 0 Å². The van der Waals surface area contributed by atoms with Gasteiger partial charge in [-0.2, -0.15) is 0 Å². The number of hydrogen-bond donors (Lipinski definition) is 0. The predicted molar refractivity (Wildman–Crippen MR) is 60.6 cm³/mol. The van der Waals surface area contributed by atoms with Crippen LogP contribution in [0.4, 0.5) is 0 Å². The van der Waals surface area contributed by atoms with Crippen molar-refractivity contribution in [1.82, 2.24) is 0 Å². The molecule has 0 unspecified atom stereocenters. The van der Waals surface area contributed by atoms with Gasteiger partial charge in [-0.25, -0.2) is 0 Å². The average molecular weight is 206 g/mol. The summed E-state index contributed by atoms with van der Waals surface area (Å²) >= 11 is 0. The Kier molecular flexibility index (Phi) is 2.47. The van der Waals surface area contributed by atoms with Gasteiger partial charge in [0.25, 0.3) is 0 Å². The molecule has 1 aliphatic heterocycles. The molecule has 15 heavy (non-hydrogen) atoms. The fraction of sp³-hybridized carbons (Fsp3) is 0.538. The van der Waals surface area contributed by atoms with E-state index in [1.807, 2.05) is 0 Å². The molecule has 0 saturated carbocycles. The molecule has 1 heterocycles. The summed E-state index contributed by atoms with van der Waals surface area (Å²) in [4.78, 5) is 0. The van der Waals surface area contributed by atoms with Crippen LogP contribution in [0.2, 0.25) is 0 Å². The van der Waals surface area contributed by atoms with Crippen molar-refractivity contribution in [2.45, 2.75) is 26.2 Å². The first-order chi connectivity index (χ1) is 7.07. The minimum absolute atomic E-state index is 0.209. The maximum atomic E-state index is 5.31. The standard InChI is InChI=1S/C13H18O2/c1-9-6-12(14-4)10(2)5-11(9)13(3)7-15-8-13/h5-6H,7-8H2,1-4H3. The van der Waals surface area contributed by atoms with Crippen molar-refractivity contribution in [3.63, 3.8) is 0 Å². The highest BCUT2D eigenvalue weighted by Crippen LogP contribution is 2.36. The van der Waals surface area contributed by atoms with Gasteiger partial charge in [0, 0.05) is 5.41 Å². The Morgan fingerprint density at radius 3 is 2.33 bits per heavy atom. The highest BCUT2D eigenvalue weighted by molar-refractivity contribution is 5.45. The SMILES string of the molecule is COc1cc(C)c(C2(C)COC2)cc1C. The second-order valence-electron chi connectivity index (χ2n) is 4.69. The molecule has 0 amide bonds. The van der Waals surface area contributed by atoms with E-state index in [4.69, 9.17) is 9.47 Å². The molecule has 82 valence electrons. The summed E-state index contributed by atoms with van der Waals surface area (Å²) in [5.41, 5.74) is 4.10. The molecular weight excluding hydrogens is 188 g/mol. The molecule has 1 saturated heterocycles. The monoisotopic (exact) mass is 206 g/mol. The number of methoxy groups -OCH3 is 1. The summed E-state index contributed by atoms with van der Waals surface area (Å²) in [6, 6.07) is 4.35. The molecule has 2 heteroatoms. The van der Waals surface area contributed by atoms with Crippen molar-refractivity contribution in [1.29, 1.82) is 0 Å². The lowest BCUT2D eigenvalue weighted by Gasteiger charge is -2.39. The number of rotatable bonds is 2. The minimum Gasteiger partial charge on any atom is -0.496 e. The zero-order valence-electron chi connectivity index (χ0n) is 9.89. The van der Waals surface area contributed by atoms with Crippen LogP contribution < -0.4 is 4.74 Å². The van der Waals surface area contributed by atoms with Gasteiger partial charge in [-0.3, -0.25) is 0 Å². The smallest absolute Gasteiger partial charge is 0.122 e. The van der Waals surface area contributed by atoms with E-state index in [2.05, 4.69) is 32.9 Å². The Bertz CT molecular complexity index is 378. The van der Waals surface area contributed by atoms with E-state index in [9.17, 15) is 0 Å². The Morgan fingerprint density at radius 2 is 1.87 bits per heavy atom. The van der Waals surface area contributed by atoms with Gasteiger partial charge in [0.1, 0.15) is 5.75 Å². The molecule has 0 aliphatic carbocycles. The third-order valence-electron chi connectivity index (χ3n) is 3.23. The first-order valence-corrected chi connectivity index (χ1v) is 5.30. The first-order valence-electron chi connectivity index (χ1n) is 5.30. The van der Waals surface area contributed by atoms with Gasteiger partial charge in [-0.15, -0.1) is 0 Å². The molecule has 0 atom stereocenters. The number of benzene rings is 1. The highest BCUT2D eigenvalue weighted by Gasteiger charge is 2.36. The summed E-state index contributed by atoms with van der Waals surface area (Å²) < 4.78 is 10.6. The van der Waals surface area contributed by atoms with E-state index >= 15 is 0 Å². The molecule has 2 rings (SSSR count). The molecule has 0 N–H and O–H groups in total. The summed E-state index contributed by atoms with van der Waals surface area (Å²) in [6.07, 6.45) is 0. The highest BCUT2D eigenvalue weighted by atomic mass is 16.5. The van der Waals surface area contributed by atoms with Crippen molar-refractivity contribution in [3.8, 4) is 5.75 Å². The van der Waals surface area contributed by atoms with Crippen LogP contribution in [0.1, 0.15) is 23.6 Å². The summed E-state index contributed by atoms with van der Waals surface area (Å²) in [6.45, 7) is 8.15. The fourth-order valence-electron chi connectivity index (χ4n) is 2.22. The van der Waals surface area contributed by atoms with Gasteiger partial charge < -0.3 is 9.47 Å². The van der Waals surface area contributed by atoms with E-state index in [0.717, 1.165) is 19.0 Å². The normalized spacial score (nSPS) is 18.4. The van der Waals surface area contributed by atoms with E-state index < -0.39 is 0 Å². The van der Waals surface area contributed by atoms with E-state index in [-0.39, 0.29) is 5.41 Å². The average Bonchev–Trinajstić information content (AvgIpc) is 2.17. The van der Waals surface area contributed by atoms with Crippen molar-refractivity contribution in [2.24, 2.45) is 0 Å². The zero-order valence-corrected chi connectivity index (χ0v) is 9.89. The molecule has 1 aliphatic rings. The third-order valence-corrected chi connectivity index (χ3v) is 3.23. The first kappa shape index (κ1) is 10.5. The van der Waals surface area contributed by atoms with Crippen LogP contribution in [-0.4, -0.2) is 20.3 Å². The molecule has 0 radical (unpaired) electrons. The quantitative estimate of drug-likeness (QED) is 0.740. The number of aryl methyl sites for hydroxylation is 2. The summed E-state index contributed by atoms with van der Waals surface area (Å²) in [7, 11) is 1.72. The van der Waals surface area contributed by atoms with Gasteiger partial charge in [0.2, 0.25) is 0 Å². The predicted octanol–water partition coefficient (Wildman–Crippen LogP) is 2.60. The third kappa shape index (κ3) is 1.63. The molecule has 0 aromatic heterocycles. The van der Waals surface area contributed by atoms with Gasteiger partial charge in [-0.05, 0) is 36.6 Å². The largest absolute Gasteiger partial charge is 0.496 e. The topological polar surface area (TPSA) is 18.5 Å². The van der Waals surface area contributed by atoms with Crippen LogP contribution in [0.25, 0.3) is 0 Å². The Balaban J connectivity index is 2.45. The van der Waals surface area contributed by atoms with Crippen molar-refractivity contribution in [2.75, 3.05) is 20.3 Å². The van der Waals surface area contributed by atoms with Crippen molar-refractivity contribution >= 4 is 0 Å². The van der Waals surface area contributed by atoms with Gasteiger partial charge in [0.05, 0.1) is 20.3 Å². The Labute approximate surface area is 91.2 Å². The van der Waals surface area contributed by atoms with Crippen molar-refractivity contribution in [3.05, 3.63) is 28.8 Å². The van der Waals surface area contributed by atoms with Crippen LogP contribution in [0.15, 0.2) is 12.1 Å².